The summed E-state index contributed by atoms with van der Waals surface area (Å²) in [5.74, 6) is -0.226. The van der Waals surface area contributed by atoms with E-state index in [1.807, 2.05) is 32.0 Å². The van der Waals surface area contributed by atoms with E-state index in [2.05, 4.69) is 27.7 Å². The van der Waals surface area contributed by atoms with Gasteiger partial charge in [-0.3, -0.25) is 9.69 Å². The van der Waals surface area contributed by atoms with Crippen molar-refractivity contribution in [3.05, 3.63) is 35.9 Å². The van der Waals surface area contributed by atoms with Crippen molar-refractivity contribution in [3.63, 3.8) is 0 Å². The molecule has 0 radical (unpaired) electrons. The molecule has 1 aromatic rings. The van der Waals surface area contributed by atoms with Gasteiger partial charge in [0.25, 0.3) is 0 Å². The monoisotopic (exact) mass is 389 g/mol. The van der Waals surface area contributed by atoms with Gasteiger partial charge in [-0.25, -0.2) is 4.79 Å². The number of carbonyl (C=O) groups excluding carboxylic acids is 2. The molecular formula is C22H35N3O3. The van der Waals surface area contributed by atoms with Crippen LogP contribution < -0.4 is 10.6 Å². The van der Waals surface area contributed by atoms with E-state index in [4.69, 9.17) is 4.74 Å². The van der Waals surface area contributed by atoms with E-state index < -0.39 is 17.7 Å². The Hall–Kier alpha value is -2.08. The molecule has 1 fully saturated rings. The number of alkyl carbamates (subject to hydrolysis) is 1. The maximum Gasteiger partial charge on any atom is 0.408 e. The van der Waals surface area contributed by atoms with E-state index in [1.165, 1.54) is 18.4 Å². The number of rotatable bonds is 7. The van der Waals surface area contributed by atoms with Gasteiger partial charge in [-0.05, 0) is 58.2 Å². The molecule has 28 heavy (non-hydrogen) atoms. The van der Waals surface area contributed by atoms with Crippen LogP contribution in [0.25, 0.3) is 0 Å². The lowest BCUT2D eigenvalue weighted by atomic mass is 10.0. The van der Waals surface area contributed by atoms with Gasteiger partial charge in [0.2, 0.25) is 5.91 Å². The highest BCUT2D eigenvalue weighted by Gasteiger charge is 2.29. The second-order valence-electron chi connectivity index (χ2n) is 8.78. The zero-order chi connectivity index (χ0) is 20.7. The van der Waals surface area contributed by atoms with Crippen molar-refractivity contribution in [2.45, 2.75) is 65.1 Å². The van der Waals surface area contributed by atoms with Crippen LogP contribution in [0, 0.1) is 5.92 Å². The van der Waals surface area contributed by atoms with Gasteiger partial charge in [0, 0.05) is 6.54 Å². The summed E-state index contributed by atoms with van der Waals surface area (Å²) in [7, 11) is 0. The molecule has 6 heteroatoms. The first kappa shape index (κ1) is 22.2. The first-order chi connectivity index (χ1) is 13.2. The summed E-state index contributed by atoms with van der Waals surface area (Å²) in [4.78, 5) is 27.4. The largest absolute Gasteiger partial charge is 0.444 e. The summed E-state index contributed by atoms with van der Waals surface area (Å²) in [6.45, 7) is 11.8. The van der Waals surface area contributed by atoms with E-state index in [9.17, 15) is 9.59 Å². The van der Waals surface area contributed by atoms with Gasteiger partial charge in [0.15, 0.2) is 0 Å². The highest BCUT2D eigenvalue weighted by Crippen LogP contribution is 2.24. The van der Waals surface area contributed by atoms with Crippen molar-refractivity contribution in [3.8, 4) is 0 Å². The van der Waals surface area contributed by atoms with Crippen LogP contribution in [0.5, 0.6) is 0 Å². The van der Waals surface area contributed by atoms with Gasteiger partial charge in [-0.15, -0.1) is 0 Å². The summed E-state index contributed by atoms with van der Waals surface area (Å²) in [5, 5.41) is 5.78. The van der Waals surface area contributed by atoms with Crippen LogP contribution >= 0.6 is 0 Å². The highest BCUT2D eigenvalue weighted by molar-refractivity contribution is 5.86. The molecule has 156 valence electrons. The molecule has 2 N–H and O–H groups in total. The molecule has 2 unspecified atom stereocenters. The van der Waals surface area contributed by atoms with Gasteiger partial charge in [0.05, 0.1) is 6.04 Å². The van der Waals surface area contributed by atoms with E-state index in [0.29, 0.717) is 6.54 Å². The topological polar surface area (TPSA) is 70.7 Å². The summed E-state index contributed by atoms with van der Waals surface area (Å²) >= 11 is 0. The molecule has 0 bridgehead atoms. The molecule has 6 nitrogen and oxygen atoms in total. The maximum absolute atomic E-state index is 12.8. The van der Waals surface area contributed by atoms with Crippen molar-refractivity contribution < 1.29 is 14.3 Å². The predicted octanol–water partition coefficient (Wildman–Crippen LogP) is 3.49. The van der Waals surface area contributed by atoms with Crippen LogP contribution in [-0.2, 0) is 9.53 Å². The van der Waals surface area contributed by atoms with E-state index in [-0.39, 0.29) is 17.9 Å². The normalized spacial score (nSPS) is 17.2. The van der Waals surface area contributed by atoms with Crippen molar-refractivity contribution in [2.75, 3.05) is 19.6 Å². The molecule has 0 aliphatic carbocycles. The molecular weight excluding hydrogens is 354 g/mol. The molecule has 1 heterocycles. The van der Waals surface area contributed by atoms with Crippen molar-refractivity contribution in [1.29, 1.82) is 0 Å². The van der Waals surface area contributed by atoms with Crippen LogP contribution in [0.3, 0.4) is 0 Å². The standard InChI is InChI=1S/C22H35N3O3/c1-16(2)19(24-21(27)28-22(3,4)5)20(26)23-15-18(25-13-9-10-14-25)17-11-7-6-8-12-17/h6-8,11-12,16,18-19H,9-10,13-15H2,1-5H3,(H,23,26)(H,24,27). The zero-order valence-electron chi connectivity index (χ0n) is 17.8. The number of nitrogens with zero attached hydrogens (tertiary/aromatic N) is 1. The van der Waals surface area contributed by atoms with Crippen molar-refractivity contribution in [1.82, 2.24) is 15.5 Å². The lowest BCUT2D eigenvalue weighted by molar-refractivity contribution is -0.124. The van der Waals surface area contributed by atoms with Crippen molar-refractivity contribution in [2.24, 2.45) is 5.92 Å². The van der Waals surface area contributed by atoms with Crippen LogP contribution in [0.2, 0.25) is 0 Å². The van der Waals surface area contributed by atoms with E-state index in [0.717, 1.165) is 13.1 Å². The average Bonchev–Trinajstić information content (AvgIpc) is 3.13. The molecule has 1 saturated heterocycles. The summed E-state index contributed by atoms with van der Waals surface area (Å²) in [6, 6.07) is 9.78. The fourth-order valence-corrected chi connectivity index (χ4v) is 3.46. The summed E-state index contributed by atoms with van der Waals surface area (Å²) < 4.78 is 5.31. The minimum absolute atomic E-state index is 0.0468. The lowest BCUT2D eigenvalue weighted by Crippen LogP contribution is -2.52. The van der Waals surface area contributed by atoms with Crippen LogP contribution in [0.4, 0.5) is 4.79 Å². The Morgan fingerprint density at radius 3 is 2.25 bits per heavy atom. The van der Waals surface area contributed by atoms with E-state index >= 15 is 0 Å². The molecule has 1 aliphatic heterocycles. The highest BCUT2D eigenvalue weighted by atomic mass is 16.6. The van der Waals surface area contributed by atoms with Gasteiger partial charge < -0.3 is 15.4 Å². The average molecular weight is 390 g/mol. The smallest absolute Gasteiger partial charge is 0.408 e. The SMILES string of the molecule is CC(C)C(NC(=O)OC(C)(C)C)C(=O)NCC(c1ccccc1)N1CCCC1. The number of likely N-dealkylation sites (tertiary alicyclic amines) is 1. The summed E-state index contributed by atoms with van der Waals surface area (Å²) in [5.41, 5.74) is 0.599. The lowest BCUT2D eigenvalue weighted by Gasteiger charge is -2.30. The molecule has 1 aromatic carbocycles. The predicted molar refractivity (Wildman–Crippen MR) is 111 cm³/mol. The fourth-order valence-electron chi connectivity index (χ4n) is 3.46. The second kappa shape index (κ2) is 9.92. The zero-order valence-corrected chi connectivity index (χ0v) is 17.8. The third-order valence-corrected chi connectivity index (χ3v) is 4.86. The molecule has 1 aliphatic rings. The Balaban J connectivity index is 2.01. The fraction of sp³-hybridized carbons (Fsp3) is 0.636. The Kier molecular flexibility index (Phi) is 7.87. The van der Waals surface area contributed by atoms with Crippen LogP contribution in [0.15, 0.2) is 30.3 Å². The minimum Gasteiger partial charge on any atom is -0.444 e. The number of ether oxygens (including phenoxy) is 1. The molecule has 2 rings (SSSR count). The Bertz CT molecular complexity index is 634. The van der Waals surface area contributed by atoms with Gasteiger partial charge in [0.1, 0.15) is 11.6 Å². The molecule has 0 spiro atoms. The first-order valence-corrected chi connectivity index (χ1v) is 10.2. The Morgan fingerprint density at radius 2 is 1.71 bits per heavy atom. The summed E-state index contributed by atoms with van der Waals surface area (Å²) in [6.07, 6.45) is 1.80. The minimum atomic E-state index is -0.634. The van der Waals surface area contributed by atoms with Gasteiger partial charge >= 0.3 is 6.09 Å². The number of hydrogen-bond acceptors (Lipinski definition) is 4. The number of hydrogen-bond donors (Lipinski definition) is 2. The third-order valence-electron chi connectivity index (χ3n) is 4.86. The van der Waals surface area contributed by atoms with Gasteiger partial charge in [-0.2, -0.15) is 0 Å². The quantitative estimate of drug-likeness (QED) is 0.749. The molecule has 2 atom stereocenters. The van der Waals surface area contributed by atoms with Crippen molar-refractivity contribution >= 4 is 12.0 Å². The Labute approximate surface area is 169 Å². The number of amides is 2. The Morgan fingerprint density at radius 1 is 1.11 bits per heavy atom. The van der Waals surface area contributed by atoms with E-state index in [1.54, 1.807) is 20.8 Å². The van der Waals surface area contributed by atoms with Crippen LogP contribution in [0.1, 0.15) is 59.1 Å². The first-order valence-electron chi connectivity index (χ1n) is 10.2. The van der Waals surface area contributed by atoms with Gasteiger partial charge in [-0.1, -0.05) is 44.2 Å². The number of nitrogens with one attached hydrogen (secondary N) is 2. The second-order valence-corrected chi connectivity index (χ2v) is 8.78. The molecule has 0 saturated carbocycles. The maximum atomic E-state index is 12.8. The number of benzene rings is 1. The third kappa shape index (κ3) is 6.82. The molecule has 2 amide bonds. The molecule has 0 aromatic heterocycles. The number of carbonyl (C=O) groups is 2. The van der Waals surface area contributed by atoms with Crippen LogP contribution in [-0.4, -0.2) is 48.2 Å².